The molecule has 2 heterocycles. The van der Waals surface area contributed by atoms with Crippen LogP contribution in [0, 0.1) is 0 Å². The molecule has 0 amide bonds. The number of aliphatic hydroxyl groups excluding tert-OH is 1. The van der Waals surface area contributed by atoms with Crippen LogP contribution in [0.15, 0.2) is 18.2 Å². The van der Waals surface area contributed by atoms with Crippen molar-refractivity contribution in [3.05, 3.63) is 18.2 Å². The number of methoxy groups -OCH3 is 1. The number of ether oxygens (including phenoxy) is 1. The molecule has 0 saturated carbocycles. The summed E-state index contributed by atoms with van der Waals surface area (Å²) in [6, 6.07) is 6.38. The van der Waals surface area contributed by atoms with Crippen LogP contribution in [-0.4, -0.2) is 36.4 Å². The summed E-state index contributed by atoms with van der Waals surface area (Å²) in [6.45, 7) is 1.33. The van der Waals surface area contributed by atoms with Crippen LogP contribution in [0.1, 0.15) is 25.7 Å². The summed E-state index contributed by atoms with van der Waals surface area (Å²) in [5.41, 5.74) is 0. The van der Waals surface area contributed by atoms with E-state index in [9.17, 15) is 0 Å². The summed E-state index contributed by atoms with van der Waals surface area (Å²) < 4.78 is 5.15. The summed E-state index contributed by atoms with van der Waals surface area (Å²) in [7, 11) is 1.64. The highest BCUT2D eigenvalue weighted by Crippen LogP contribution is 2.27. The highest BCUT2D eigenvalue weighted by molar-refractivity contribution is 5.43. The molecule has 1 aliphatic heterocycles. The second-order valence-electron chi connectivity index (χ2n) is 4.39. The van der Waals surface area contributed by atoms with Crippen LogP contribution in [0.5, 0.6) is 5.88 Å². The third-order valence-corrected chi connectivity index (χ3v) is 3.28. The number of hydrogen-bond acceptors (Lipinski definition) is 4. The molecule has 1 saturated heterocycles. The minimum Gasteiger partial charge on any atom is -0.481 e. The van der Waals surface area contributed by atoms with E-state index < -0.39 is 0 Å². The fourth-order valence-electron chi connectivity index (χ4n) is 2.44. The van der Waals surface area contributed by atoms with Gasteiger partial charge in [0.05, 0.1) is 7.11 Å². The molecule has 0 radical (unpaired) electrons. The van der Waals surface area contributed by atoms with E-state index in [1.165, 1.54) is 12.8 Å². The molecule has 1 N–H and O–H groups in total. The molecule has 0 bridgehead atoms. The molecular formula is C13H20N2O2. The molecule has 17 heavy (non-hydrogen) atoms. The minimum absolute atomic E-state index is 0.274. The summed E-state index contributed by atoms with van der Waals surface area (Å²) in [5, 5.41) is 8.91. The smallest absolute Gasteiger partial charge is 0.214 e. The highest BCUT2D eigenvalue weighted by Gasteiger charge is 2.25. The molecular weight excluding hydrogens is 216 g/mol. The molecule has 4 nitrogen and oxygen atoms in total. The van der Waals surface area contributed by atoms with Crippen LogP contribution in [0.2, 0.25) is 0 Å². The number of pyridine rings is 1. The Kier molecular flexibility index (Phi) is 4.20. The van der Waals surface area contributed by atoms with E-state index in [0.29, 0.717) is 11.9 Å². The maximum atomic E-state index is 8.91. The van der Waals surface area contributed by atoms with Gasteiger partial charge in [0, 0.05) is 25.3 Å². The number of rotatable bonds is 5. The number of aromatic nitrogens is 1. The number of nitrogens with zero attached hydrogens (tertiary/aromatic N) is 2. The zero-order valence-corrected chi connectivity index (χ0v) is 10.3. The first-order valence-corrected chi connectivity index (χ1v) is 6.23. The lowest BCUT2D eigenvalue weighted by Crippen LogP contribution is -2.30. The van der Waals surface area contributed by atoms with Crippen molar-refractivity contribution >= 4 is 5.82 Å². The van der Waals surface area contributed by atoms with Gasteiger partial charge in [-0.3, -0.25) is 0 Å². The molecule has 0 spiro atoms. The van der Waals surface area contributed by atoms with Crippen LogP contribution in [0.25, 0.3) is 0 Å². The second-order valence-corrected chi connectivity index (χ2v) is 4.39. The Morgan fingerprint density at radius 1 is 1.53 bits per heavy atom. The molecule has 0 aromatic carbocycles. The minimum atomic E-state index is 0.274. The molecule has 1 unspecified atom stereocenters. The largest absolute Gasteiger partial charge is 0.481 e. The Morgan fingerprint density at radius 3 is 3.18 bits per heavy atom. The predicted octanol–water partition coefficient (Wildman–Crippen LogP) is 1.83. The van der Waals surface area contributed by atoms with Crippen LogP contribution in [-0.2, 0) is 0 Å². The lowest BCUT2D eigenvalue weighted by molar-refractivity contribution is 0.279. The Balaban J connectivity index is 2.08. The SMILES string of the molecule is COc1cccc(N2CCCC2CCCO)n1. The maximum absolute atomic E-state index is 8.91. The van der Waals surface area contributed by atoms with Crippen molar-refractivity contribution in [3.63, 3.8) is 0 Å². The first kappa shape index (κ1) is 12.2. The monoisotopic (exact) mass is 236 g/mol. The summed E-state index contributed by atoms with van der Waals surface area (Å²) >= 11 is 0. The van der Waals surface area contributed by atoms with Crippen LogP contribution in [0.4, 0.5) is 5.82 Å². The van der Waals surface area contributed by atoms with E-state index in [0.717, 1.165) is 25.2 Å². The molecule has 1 fully saturated rings. The Bertz CT molecular complexity index is 357. The third kappa shape index (κ3) is 2.88. The molecule has 2 rings (SSSR count). The van der Waals surface area contributed by atoms with Crippen molar-refractivity contribution in [2.45, 2.75) is 31.7 Å². The Hall–Kier alpha value is -1.29. The van der Waals surface area contributed by atoms with E-state index in [1.54, 1.807) is 7.11 Å². The zero-order chi connectivity index (χ0) is 12.1. The average Bonchev–Trinajstić information content (AvgIpc) is 2.84. The van der Waals surface area contributed by atoms with Gasteiger partial charge in [0.15, 0.2) is 0 Å². The van der Waals surface area contributed by atoms with Gasteiger partial charge < -0.3 is 14.7 Å². The van der Waals surface area contributed by atoms with Gasteiger partial charge in [-0.05, 0) is 31.7 Å². The van der Waals surface area contributed by atoms with Gasteiger partial charge in [0.1, 0.15) is 5.82 Å². The molecule has 4 heteroatoms. The summed E-state index contributed by atoms with van der Waals surface area (Å²) in [6.07, 6.45) is 4.30. The Labute approximate surface area is 102 Å². The van der Waals surface area contributed by atoms with Crippen molar-refractivity contribution < 1.29 is 9.84 Å². The first-order valence-electron chi connectivity index (χ1n) is 6.23. The molecule has 94 valence electrons. The van der Waals surface area contributed by atoms with Gasteiger partial charge >= 0.3 is 0 Å². The lowest BCUT2D eigenvalue weighted by Gasteiger charge is -2.25. The molecule has 1 aromatic heterocycles. The Morgan fingerprint density at radius 2 is 2.41 bits per heavy atom. The van der Waals surface area contributed by atoms with Crippen molar-refractivity contribution in [2.24, 2.45) is 0 Å². The fourth-order valence-corrected chi connectivity index (χ4v) is 2.44. The van der Waals surface area contributed by atoms with E-state index in [2.05, 4.69) is 9.88 Å². The van der Waals surface area contributed by atoms with Crippen LogP contribution >= 0.6 is 0 Å². The van der Waals surface area contributed by atoms with E-state index in [-0.39, 0.29) is 6.61 Å². The van der Waals surface area contributed by atoms with E-state index in [4.69, 9.17) is 9.84 Å². The second kappa shape index (κ2) is 5.87. The van der Waals surface area contributed by atoms with Gasteiger partial charge in [0.2, 0.25) is 5.88 Å². The normalized spacial score (nSPS) is 19.6. The maximum Gasteiger partial charge on any atom is 0.214 e. The van der Waals surface area contributed by atoms with Crippen molar-refractivity contribution in [1.82, 2.24) is 4.98 Å². The predicted molar refractivity (Wildman–Crippen MR) is 67.5 cm³/mol. The quantitative estimate of drug-likeness (QED) is 0.847. The molecule has 1 atom stereocenters. The van der Waals surface area contributed by atoms with Gasteiger partial charge in [-0.15, -0.1) is 0 Å². The molecule has 1 aliphatic rings. The van der Waals surface area contributed by atoms with Gasteiger partial charge in [-0.1, -0.05) is 6.07 Å². The summed E-state index contributed by atoms with van der Waals surface area (Å²) in [5.74, 6) is 1.65. The highest BCUT2D eigenvalue weighted by atomic mass is 16.5. The number of hydrogen-bond donors (Lipinski definition) is 1. The van der Waals surface area contributed by atoms with Gasteiger partial charge in [0.25, 0.3) is 0 Å². The third-order valence-electron chi connectivity index (χ3n) is 3.28. The van der Waals surface area contributed by atoms with Gasteiger partial charge in [-0.25, -0.2) is 0 Å². The first-order chi connectivity index (χ1) is 8.35. The lowest BCUT2D eigenvalue weighted by atomic mass is 10.1. The van der Waals surface area contributed by atoms with Gasteiger partial charge in [-0.2, -0.15) is 4.98 Å². The topological polar surface area (TPSA) is 45.6 Å². The fraction of sp³-hybridized carbons (Fsp3) is 0.615. The van der Waals surface area contributed by atoms with Crippen molar-refractivity contribution in [2.75, 3.05) is 25.2 Å². The zero-order valence-electron chi connectivity index (χ0n) is 10.3. The van der Waals surface area contributed by atoms with Crippen molar-refractivity contribution in [1.29, 1.82) is 0 Å². The van der Waals surface area contributed by atoms with Crippen LogP contribution < -0.4 is 9.64 Å². The van der Waals surface area contributed by atoms with Crippen LogP contribution in [0.3, 0.4) is 0 Å². The number of anilines is 1. The molecule has 1 aromatic rings. The standard InChI is InChI=1S/C13H20N2O2/c1-17-13-8-2-7-12(14-13)15-9-3-5-11(15)6-4-10-16/h2,7-8,11,16H,3-6,9-10H2,1H3. The van der Waals surface area contributed by atoms with Crippen molar-refractivity contribution in [3.8, 4) is 5.88 Å². The van der Waals surface area contributed by atoms with E-state index in [1.807, 2.05) is 18.2 Å². The molecule has 0 aliphatic carbocycles. The van der Waals surface area contributed by atoms with E-state index >= 15 is 0 Å². The number of aliphatic hydroxyl groups is 1. The average molecular weight is 236 g/mol. The summed E-state index contributed by atoms with van der Waals surface area (Å²) in [4.78, 5) is 6.80.